The van der Waals surface area contributed by atoms with Crippen molar-refractivity contribution < 1.29 is 0 Å². The molecule has 1 aromatic carbocycles. The second kappa shape index (κ2) is 10.4. The summed E-state index contributed by atoms with van der Waals surface area (Å²) in [6.45, 7) is 2.70. The van der Waals surface area contributed by atoms with Crippen molar-refractivity contribution >= 4 is 6.08 Å². The van der Waals surface area contributed by atoms with Crippen LogP contribution in [0.25, 0.3) is 6.08 Å². The van der Waals surface area contributed by atoms with Crippen molar-refractivity contribution in [1.29, 1.82) is 5.26 Å². The fourth-order valence-corrected chi connectivity index (χ4v) is 2.66. The highest BCUT2D eigenvalue weighted by Crippen LogP contribution is 2.10. The topological polar surface area (TPSA) is 54.5 Å². The summed E-state index contributed by atoms with van der Waals surface area (Å²) in [7, 11) is 0. The highest BCUT2D eigenvalue weighted by Gasteiger charge is 2.04. The molecule has 0 fully saturated rings. The van der Waals surface area contributed by atoms with Gasteiger partial charge in [0.15, 0.2) is 0 Å². The fraction of sp³-hybridized carbons (Fsp3) is 0.450. The van der Waals surface area contributed by atoms with E-state index in [1.807, 2.05) is 42.6 Å². The molecule has 0 bridgehead atoms. The summed E-state index contributed by atoms with van der Waals surface area (Å²) in [4.78, 5) is 0. The number of hydrogen-bond donors (Lipinski definition) is 0. The number of nitriles is 1. The van der Waals surface area contributed by atoms with E-state index in [2.05, 4.69) is 23.3 Å². The number of aryl methyl sites for hydroxylation is 1. The Hall–Kier alpha value is -2.41. The van der Waals surface area contributed by atoms with E-state index >= 15 is 0 Å². The Kier molecular flexibility index (Phi) is 7.76. The number of rotatable bonds is 10. The lowest BCUT2D eigenvalue weighted by molar-refractivity contribution is 0.604. The molecular weight excluding hydrogens is 296 g/mol. The van der Waals surface area contributed by atoms with Gasteiger partial charge in [-0.1, -0.05) is 74.6 Å². The van der Waals surface area contributed by atoms with Crippen LogP contribution in [0.3, 0.4) is 0 Å². The van der Waals surface area contributed by atoms with E-state index in [-0.39, 0.29) is 0 Å². The molecule has 0 radical (unpaired) electrons. The van der Waals surface area contributed by atoms with Gasteiger partial charge in [-0.25, -0.2) is 4.68 Å². The highest BCUT2D eigenvalue weighted by molar-refractivity contribution is 5.56. The molecule has 2 rings (SSSR count). The molecule has 0 saturated carbocycles. The summed E-state index contributed by atoms with van der Waals surface area (Å²) in [5.41, 5.74) is 2.72. The van der Waals surface area contributed by atoms with E-state index in [1.165, 1.54) is 32.1 Å². The molecule has 0 aliphatic heterocycles. The van der Waals surface area contributed by atoms with Crippen LogP contribution in [0.2, 0.25) is 0 Å². The largest absolute Gasteiger partial charge is 0.247 e. The predicted molar refractivity (Wildman–Crippen MR) is 97.1 cm³/mol. The normalized spacial score (nSPS) is 11.4. The predicted octanol–water partition coefficient (Wildman–Crippen LogP) is 4.79. The van der Waals surface area contributed by atoms with Gasteiger partial charge in [0.1, 0.15) is 0 Å². The third-order valence-corrected chi connectivity index (χ3v) is 3.99. The maximum atomic E-state index is 9.32. The molecular formula is C20H26N4. The van der Waals surface area contributed by atoms with Gasteiger partial charge in [0.2, 0.25) is 0 Å². The van der Waals surface area contributed by atoms with Crippen molar-refractivity contribution in [2.75, 3.05) is 0 Å². The van der Waals surface area contributed by atoms with E-state index in [9.17, 15) is 5.26 Å². The second-order valence-electron chi connectivity index (χ2n) is 6.12. The maximum absolute atomic E-state index is 9.32. The van der Waals surface area contributed by atoms with E-state index in [1.54, 1.807) is 4.68 Å². The van der Waals surface area contributed by atoms with Gasteiger partial charge in [-0.2, -0.15) is 5.26 Å². The molecule has 0 aliphatic rings. The number of hydrogen-bond acceptors (Lipinski definition) is 3. The first-order valence-corrected chi connectivity index (χ1v) is 8.86. The molecule has 0 N–H and O–H groups in total. The molecule has 0 spiro atoms. The van der Waals surface area contributed by atoms with E-state index < -0.39 is 0 Å². The Morgan fingerprint density at radius 3 is 2.62 bits per heavy atom. The quantitative estimate of drug-likeness (QED) is 0.467. The van der Waals surface area contributed by atoms with Crippen molar-refractivity contribution in [3.05, 3.63) is 53.4 Å². The summed E-state index contributed by atoms with van der Waals surface area (Å²) in [6.07, 6.45) is 12.5. The average Bonchev–Trinajstić information content (AvgIpc) is 3.05. The van der Waals surface area contributed by atoms with Crippen LogP contribution in [0.15, 0.2) is 42.1 Å². The van der Waals surface area contributed by atoms with Gasteiger partial charge in [0.05, 0.1) is 23.9 Å². The summed E-state index contributed by atoms with van der Waals surface area (Å²) in [5, 5.41) is 17.7. The van der Waals surface area contributed by atoms with E-state index in [0.29, 0.717) is 12.1 Å². The number of benzene rings is 1. The minimum Gasteiger partial charge on any atom is -0.247 e. The summed E-state index contributed by atoms with van der Waals surface area (Å²) in [6, 6.07) is 12.1. The van der Waals surface area contributed by atoms with Crippen LogP contribution in [-0.2, 0) is 13.0 Å². The number of allylic oxidation sites excluding steroid dienone is 1. The molecule has 1 aromatic heterocycles. The van der Waals surface area contributed by atoms with Crippen LogP contribution in [0.1, 0.15) is 56.7 Å². The van der Waals surface area contributed by atoms with Crippen LogP contribution in [0.5, 0.6) is 0 Å². The standard InChI is InChI=1S/C20H26N4/c1-2-3-4-5-6-10-13-20-17-24(23-22-20)16-19(15-21)14-18-11-8-7-9-12-18/h7-9,11-12,14,17H,2-6,10,13,16H2,1H3/b19-14+. The Morgan fingerprint density at radius 2 is 1.88 bits per heavy atom. The van der Waals surface area contributed by atoms with Crippen LogP contribution in [0, 0.1) is 11.3 Å². The first-order chi connectivity index (χ1) is 11.8. The van der Waals surface area contributed by atoms with Gasteiger partial charge in [0.25, 0.3) is 0 Å². The molecule has 0 unspecified atom stereocenters. The van der Waals surface area contributed by atoms with Gasteiger partial charge in [0, 0.05) is 6.20 Å². The Morgan fingerprint density at radius 1 is 1.12 bits per heavy atom. The molecule has 2 aromatic rings. The van der Waals surface area contributed by atoms with Crippen molar-refractivity contribution in [3.8, 4) is 6.07 Å². The highest BCUT2D eigenvalue weighted by atomic mass is 15.4. The van der Waals surface area contributed by atoms with Crippen molar-refractivity contribution in [1.82, 2.24) is 15.0 Å². The fourth-order valence-electron chi connectivity index (χ4n) is 2.66. The molecule has 0 aliphatic carbocycles. The van der Waals surface area contributed by atoms with Crippen molar-refractivity contribution in [2.24, 2.45) is 0 Å². The molecule has 0 saturated heterocycles. The minimum absolute atomic E-state index is 0.467. The van der Waals surface area contributed by atoms with Gasteiger partial charge in [-0.15, -0.1) is 5.10 Å². The third-order valence-electron chi connectivity index (χ3n) is 3.99. The minimum atomic E-state index is 0.467. The summed E-state index contributed by atoms with van der Waals surface area (Å²) < 4.78 is 1.75. The van der Waals surface area contributed by atoms with Crippen LogP contribution in [-0.4, -0.2) is 15.0 Å². The zero-order valence-electron chi connectivity index (χ0n) is 14.5. The van der Waals surface area contributed by atoms with Gasteiger partial charge < -0.3 is 0 Å². The average molecular weight is 322 g/mol. The molecule has 126 valence electrons. The second-order valence-corrected chi connectivity index (χ2v) is 6.12. The third kappa shape index (κ3) is 6.37. The van der Waals surface area contributed by atoms with Crippen molar-refractivity contribution in [2.45, 2.75) is 58.4 Å². The monoisotopic (exact) mass is 322 g/mol. The number of unbranched alkanes of at least 4 members (excludes halogenated alkanes) is 5. The van der Waals surface area contributed by atoms with Gasteiger partial charge in [-0.05, 0) is 24.5 Å². The zero-order valence-corrected chi connectivity index (χ0v) is 14.5. The number of nitrogens with zero attached hydrogens (tertiary/aromatic N) is 4. The van der Waals surface area contributed by atoms with Crippen LogP contribution >= 0.6 is 0 Å². The molecule has 24 heavy (non-hydrogen) atoms. The Labute approximate surface area is 144 Å². The lowest BCUT2D eigenvalue weighted by atomic mass is 10.1. The van der Waals surface area contributed by atoms with Gasteiger partial charge >= 0.3 is 0 Å². The molecule has 4 nitrogen and oxygen atoms in total. The summed E-state index contributed by atoms with van der Waals surface area (Å²) in [5.74, 6) is 0. The van der Waals surface area contributed by atoms with Crippen LogP contribution in [0.4, 0.5) is 0 Å². The SMILES string of the molecule is CCCCCCCCc1cn(C/C(C#N)=C/c2ccccc2)nn1. The Bertz CT molecular complexity index is 664. The maximum Gasteiger partial charge on any atom is 0.0967 e. The first-order valence-electron chi connectivity index (χ1n) is 8.86. The molecule has 0 amide bonds. The molecule has 1 heterocycles. The molecule has 0 atom stereocenters. The number of aromatic nitrogens is 3. The molecule has 4 heteroatoms. The smallest absolute Gasteiger partial charge is 0.0967 e. The first kappa shape index (κ1) is 17.9. The van der Waals surface area contributed by atoms with Gasteiger partial charge in [-0.3, -0.25) is 0 Å². The van der Waals surface area contributed by atoms with Crippen molar-refractivity contribution in [3.63, 3.8) is 0 Å². The Balaban J connectivity index is 1.82. The lowest BCUT2D eigenvalue weighted by Crippen LogP contribution is -2.00. The lowest BCUT2D eigenvalue weighted by Gasteiger charge is -2.00. The summed E-state index contributed by atoms with van der Waals surface area (Å²) >= 11 is 0. The van der Waals surface area contributed by atoms with Crippen LogP contribution < -0.4 is 0 Å². The van der Waals surface area contributed by atoms with E-state index in [4.69, 9.17) is 0 Å². The zero-order chi connectivity index (χ0) is 17.0. The van der Waals surface area contributed by atoms with E-state index in [0.717, 1.165) is 24.1 Å².